The molecule has 1 aliphatic heterocycles. The Bertz CT molecular complexity index is 790. The van der Waals surface area contributed by atoms with Crippen LogP contribution in [0.3, 0.4) is 0 Å². The van der Waals surface area contributed by atoms with E-state index in [0.717, 1.165) is 22.5 Å². The van der Waals surface area contributed by atoms with Crippen molar-refractivity contribution >= 4 is 11.7 Å². The number of aromatic nitrogens is 1. The maximum absolute atomic E-state index is 12.9. The Balaban J connectivity index is 1.49. The first kappa shape index (κ1) is 18.3. The SMILES string of the molecule is Cc1cc(C(=O)CN2CCN(C(=O)Cc3ccc(F)cc3)CC2)c(C)[nH]1. The molecule has 1 fully saturated rings. The highest BCUT2D eigenvalue weighted by Gasteiger charge is 2.23. The Morgan fingerprint density at radius 1 is 1.08 bits per heavy atom. The summed E-state index contributed by atoms with van der Waals surface area (Å²) in [6.07, 6.45) is 0.279. The van der Waals surface area contributed by atoms with Gasteiger partial charge in [-0.3, -0.25) is 14.5 Å². The van der Waals surface area contributed by atoms with Crippen LogP contribution < -0.4 is 0 Å². The standard InChI is InChI=1S/C20H24FN3O2/c1-14-11-18(15(2)22-14)19(25)13-23-7-9-24(10-8-23)20(26)12-16-3-5-17(21)6-4-16/h3-6,11,22H,7-10,12-13H2,1-2H3. The van der Waals surface area contributed by atoms with E-state index < -0.39 is 0 Å². The summed E-state index contributed by atoms with van der Waals surface area (Å²) in [5.74, 6) is -0.148. The monoisotopic (exact) mass is 357 g/mol. The molecule has 1 aromatic heterocycles. The molecule has 0 atom stereocenters. The molecule has 1 saturated heterocycles. The summed E-state index contributed by atoms with van der Waals surface area (Å²) in [6, 6.07) is 7.92. The van der Waals surface area contributed by atoms with Crippen molar-refractivity contribution in [2.45, 2.75) is 20.3 Å². The van der Waals surface area contributed by atoms with E-state index in [9.17, 15) is 14.0 Å². The molecule has 1 aliphatic rings. The molecule has 0 spiro atoms. The number of aryl methyl sites for hydroxylation is 2. The number of benzene rings is 1. The molecular weight excluding hydrogens is 333 g/mol. The minimum absolute atomic E-state index is 0.0414. The number of Topliss-reactive ketones (excluding diaryl/α,β-unsaturated/α-hetero) is 1. The number of ketones is 1. The van der Waals surface area contributed by atoms with Gasteiger partial charge in [0, 0.05) is 43.1 Å². The van der Waals surface area contributed by atoms with Crippen LogP contribution in [0, 0.1) is 19.7 Å². The number of rotatable bonds is 5. The minimum atomic E-state index is -0.299. The second kappa shape index (κ2) is 7.83. The molecule has 138 valence electrons. The first-order chi connectivity index (χ1) is 12.4. The lowest BCUT2D eigenvalue weighted by Gasteiger charge is -2.34. The summed E-state index contributed by atoms with van der Waals surface area (Å²) in [4.78, 5) is 31.9. The molecule has 1 amide bonds. The van der Waals surface area contributed by atoms with Gasteiger partial charge in [-0.05, 0) is 37.6 Å². The van der Waals surface area contributed by atoms with Crippen LogP contribution in [0.4, 0.5) is 4.39 Å². The number of carbonyl (C=O) groups is 2. The third-order valence-electron chi connectivity index (χ3n) is 4.81. The number of nitrogens with one attached hydrogen (secondary N) is 1. The second-order valence-corrected chi connectivity index (χ2v) is 6.87. The predicted molar refractivity (Wildman–Crippen MR) is 97.7 cm³/mol. The zero-order valence-electron chi connectivity index (χ0n) is 15.2. The number of amides is 1. The topological polar surface area (TPSA) is 56.4 Å². The first-order valence-electron chi connectivity index (χ1n) is 8.86. The van der Waals surface area contributed by atoms with Crippen molar-refractivity contribution in [2.75, 3.05) is 32.7 Å². The van der Waals surface area contributed by atoms with Gasteiger partial charge in [0.15, 0.2) is 5.78 Å². The van der Waals surface area contributed by atoms with E-state index in [-0.39, 0.29) is 23.9 Å². The number of nitrogens with zero attached hydrogens (tertiary/aromatic N) is 2. The van der Waals surface area contributed by atoms with Crippen LogP contribution in [0.5, 0.6) is 0 Å². The van der Waals surface area contributed by atoms with Crippen molar-refractivity contribution in [1.82, 2.24) is 14.8 Å². The number of aromatic amines is 1. The summed E-state index contributed by atoms with van der Waals surface area (Å²) in [6.45, 7) is 6.81. The van der Waals surface area contributed by atoms with E-state index in [1.54, 1.807) is 12.1 Å². The maximum atomic E-state index is 12.9. The fourth-order valence-electron chi connectivity index (χ4n) is 3.35. The summed E-state index contributed by atoms with van der Waals surface area (Å²) >= 11 is 0. The van der Waals surface area contributed by atoms with Gasteiger partial charge in [-0.1, -0.05) is 12.1 Å². The van der Waals surface area contributed by atoms with Gasteiger partial charge in [0.2, 0.25) is 5.91 Å². The summed E-state index contributed by atoms with van der Waals surface area (Å²) in [7, 11) is 0. The zero-order valence-corrected chi connectivity index (χ0v) is 15.2. The number of H-pyrrole nitrogens is 1. The molecule has 5 nitrogen and oxygen atoms in total. The van der Waals surface area contributed by atoms with Crippen LogP contribution in [0.25, 0.3) is 0 Å². The van der Waals surface area contributed by atoms with E-state index in [4.69, 9.17) is 0 Å². The fraction of sp³-hybridized carbons (Fsp3) is 0.400. The average molecular weight is 357 g/mol. The number of carbonyl (C=O) groups excluding carboxylic acids is 2. The van der Waals surface area contributed by atoms with Gasteiger partial charge in [0.1, 0.15) is 5.82 Å². The Morgan fingerprint density at radius 2 is 1.73 bits per heavy atom. The molecule has 3 rings (SSSR count). The molecule has 1 N–H and O–H groups in total. The van der Waals surface area contributed by atoms with Crippen LogP contribution in [-0.2, 0) is 11.2 Å². The molecule has 0 saturated carbocycles. The molecular formula is C20H24FN3O2. The molecule has 2 aromatic rings. The maximum Gasteiger partial charge on any atom is 0.227 e. The number of halogens is 1. The molecule has 0 aliphatic carbocycles. The largest absolute Gasteiger partial charge is 0.362 e. The van der Waals surface area contributed by atoms with Crippen molar-refractivity contribution in [3.8, 4) is 0 Å². The first-order valence-corrected chi connectivity index (χ1v) is 8.86. The Labute approximate surface area is 152 Å². The quantitative estimate of drug-likeness (QED) is 0.836. The van der Waals surface area contributed by atoms with Crippen LogP contribution in [-0.4, -0.2) is 59.2 Å². The highest BCUT2D eigenvalue weighted by atomic mass is 19.1. The van der Waals surface area contributed by atoms with E-state index in [1.165, 1.54) is 12.1 Å². The van der Waals surface area contributed by atoms with Gasteiger partial charge in [-0.2, -0.15) is 0 Å². The molecule has 6 heteroatoms. The summed E-state index contributed by atoms with van der Waals surface area (Å²) in [5.41, 5.74) is 3.45. The molecule has 0 radical (unpaired) electrons. The number of hydrogen-bond donors (Lipinski definition) is 1. The minimum Gasteiger partial charge on any atom is -0.362 e. The molecule has 2 heterocycles. The Morgan fingerprint density at radius 3 is 2.31 bits per heavy atom. The van der Waals surface area contributed by atoms with Crippen molar-refractivity contribution in [1.29, 1.82) is 0 Å². The van der Waals surface area contributed by atoms with Gasteiger partial charge >= 0.3 is 0 Å². The smallest absolute Gasteiger partial charge is 0.227 e. The van der Waals surface area contributed by atoms with E-state index in [1.807, 2.05) is 24.8 Å². The molecule has 26 heavy (non-hydrogen) atoms. The lowest BCUT2D eigenvalue weighted by Crippen LogP contribution is -2.50. The van der Waals surface area contributed by atoms with Crippen LogP contribution >= 0.6 is 0 Å². The molecule has 0 unspecified atom stereocenters. The van der Waals surface area contributed by atoms with Gasteiger partial charge < -0.3 is 9.88 Å². The van der Waals surface area contributed by atoms with Gasteiger partial charge in [0.05, 0.1) is 13.0 Å². The van der Waals surface area contributed by atoms with E-state index in [2.05, 4.69) is 9.88 Å². The van der Waals surface area contributed by atoms with Crippen molar-refractivity contribution in [2.24, 2.45) is 0 Å². The lowest BCUT2D eigenvalue weighted by molar-refractivity contribution is -0.132. The average Bonchev–Trinajstić information content (AvgIpc) is 2.96. The third kappa shape index (κ3) is 4.38. The molecule has 1 aromatic carbocycles. The van der Waals surface area contributed by atoms with Crippen LogP contribution in [0.1, 0.15) is 27.3 Å². The van der Waals surface area contributed by atoms with Crippen LogP contribution in [0.2, 0.25) is 0 Å². The Hall–Kier alpha value is -2.47. The van der Waals surface area contributed by atoms with Crippen molar-refractivity contribution < 1.29 is 14.0 Å². The Kier molecular flexibility index (Phi) is 5.52. The third-order valence-corrected chi connectivity index (χ3v) is 4.81. The molecule has 0 bridgehead atoms. The summed E-state index contributed by atoms with van der Waals surface area (Å²) < 4.78 is 12.9. The van der Waals surface area contributed by atoms with Gasteiger partial charge in [0.25, 0.3) is 0 Å². The highest BCUT2D eigenvalue weighted by Crippen LogP contribution is 2.13. The number of piperazine rings is 1. The second-order valence-electron chi connectivity index (χ2n) is 6.87. The normalized spacial score (nSPS) is 15.3. The number of hydrogen-bond acceptors (Lipinski definition) is 3. The van der Waals surface area contributed by atoms with Crippen molar-refractivity contribution in [3.63, 3.8) is 0 Å². The lowest BCUT2D eigenvalue weighted by atomic mass is 10.1. The van der Waals surface area contributed by atoms with E-state index in [0.29, 0.717) is 32.7 Å². The predicted octanol–water partition coefficient (Wildman–Crippen LogP) is 2.34. The van der Waals surface area contributed by atoms with Gasteiger partial charge in [-0.15, -0.1) is 0 Å². The highest BCUT2D eigenvalue weighted by molar-refractivity contribution is 5.98. The van der Waals surface area contributed by atoms with E-state index >= 15 is 0 Å². The van der Waals surface area contributed by atoms with Crippen molar-refractivity contribution in [3.05, 3.63) is 58.7 Å². The van der Waals surface area contributed by atoms with Crippen LogP contribution in [0.15, 0.2) is 30.3 Å². The summed E-state index contributed by atoms with van der Waals surface area (Å²) in [5, 5.41) is 0. The zero-order chi connectivity index (χ0) is 18.7. The van der Waals surface area contributed by atoms with Gasteiger partial charge in [-0.25, -0.2) is 4.39 Å². The fourth-order valence-corrected chi connectivity index (χ4v) is 3.35.